The van der Waals surface area contributed by atoms with Gasteiger partial charge in [0.25, 0.3) is 0 Å². The zero-order valence-corrected chi connectivity index (χ0v) is 15.6. The van der Waals surface area contributed by atoms with Crippen molar-refractivity contribution >= 4 is 21.6 Å². The number of aryl methyl sites for hydroxylation is 1. The highest BCUT2D eigenvalue weighted by Gasteiger charge is 2.08. The molecule has 0 radical (unpaired) electrons. The van der Waals surface area contributed by atoms with Crippen molar-refractivity contribution in [2.24, 2.45) is 5.92 Å². The second kappa shape index (κ2) is 8.60. The number of benzene rings is 1. The first-order valence-corrected chi connectivity index (χ1v) is 9.44. The standard InChI is InChI=1S/C20H29NOS/c1-14(6-5-7-15(2)13-22)8-9-16(3)18-10-11-19-20(12-18)23-17(4)21-19/h8,10-12,15-16,22H,5-7,9,13H2,1-4H3/b14-8-/t15-,16-/m0/s1. The maximum atomic E-state index is 9.06. The van der Waals surface area contributed by atoms with E-state index in [1.165, 1.54) is 22.3 Å². The highest BCUT2D eigenvalue weighted by molar-refractivity contribution is 7.18. The Hall–Kier alpha value is -1.19. The molecule has 2 atom stereocenters. The van der Waals surface area contributed by atoms with Crippen LogP contribution < -0.4 is 0 Å². The summed E-state index contributed by atoms with van der Waals surface area (Å²) in [5.74, 6) is 0.962. The van der Waals surface area contributed by atoms with Gasteiger partial charge < -0.3 is 5.11 Å². The lowest BCUT2D eigenvalue weighted by Crippen LogP contribution is -2.00. The quantitative estimate of drug-likeness (QED) is 0.616. The molecule has 0 aliphatic rings. The molecule has 0 saturated carbocycles. The van der Waals surface area contributed by atoms with Gasteiger partial charge in [0.15, 0.2) is 0 Å². The summed E-state index contributed by atoms with van der Waals surface area (Å²) in [5, 5.41) is 10.2. The number of aliphatic hydroxyl groups is 1. The van der Waals surface area contributed by atoms with Gasteiger partial charge in [0.2, 0.25) is 0 Å². The Kier molecular flexibility index (Phi) is 6.79. The molecule has 1 heterocycles. The molecule has 1 aromatic heterocycles. The first-order chi connectivity index (χ1) is 11.0. The number of aromatic nitrogens is 1. The van der Waals surface area contributed by atoms with Crippen LogP contribution in [0, 0.1) is 12.8 Å². The van der Waals surface area contributed by atoms with Gasteiger partial charge >= 0.3 is 0 Å². The number of allylic oxidation sites excluding steroid dienone is 2. The van der Waals surface area contributed by atoms with E-state index >= 15 is 0 Å². The third-order valence-corrected chi connectivity index (χ3v) is 5.42. The number of fused-ring (bicyclic) bond motifs is 1. The predicted molar refractivity (Wildman–Crippen MR) is 101 cm³/mol. The van der Waals surface area contributed by atoms with Crippen molar-refractivity contribution < 1.29 is 5.11 Å². The molecule has 0 saturated heterocycles. The summed E-state index contributed by atoms with van der Waals surface area (Å²) < 4.78 is 1.30. The molecule has 3 heteroatoms. The lowest BCUT2D eigenvalue weighted by atomic mass is 9.95. The molecule has 2 aromatic rings. The van der Waals surface area contributed by atoms with Gasteiger partial charge in [-0.1, -0.05) is 31.6 Å². The smallest absolute Gasteiger partial charge is 0.0907 e. The van der Waals surface area contributed by atoms with Gasteiger partial charge in [-0.15, -0.1) is 11.3 Å². The van der Waals surface area contributed by atoms with Crippen LogP contribution in [-0.4, -0.2) is 16.7 Å². The number of rotatable bonds is 8. The minimum absolute atomic E-state index is 0.305. The average molecular weight is 332 g/mol. The van der Waals surface area contributed by atoms with Gasteiger partial charge in [0, 0.05) is 6.61 Å². The molecule has 0 amide bonds. The van der Waals surface area contributed by atoms with Gasteiger partial charge in [-0.2, -0.15) is 0 Å². The van der Waals surface area contributed by atoms with Crippen molar-refractivity contribution in [2.75, 3.05) is 6.61 Å². The SMILES string of the molecule is C/C(=C/C[C@H](C)c1ccc2nc(C)sc2c1)CCC[C@H](C)CO. The minimum atomic E-state index is 0.305. The van der Waals surface area contributed by atoms with E-state index in [-0.39, 0.29) is 0 Å². The third kappa shape index (κ3) is 5.43. The van der Waals surface area contributed by atoms with Crippen LogP contribution in [0.5, 0.6) is 0 Å². The molecule has 1 aromatic carbocycles. The molecule has 23 heavy (non-hydrogen) atoms. The van der Waals surface area contributed by atoms with Crippen LogP contribution in [0.15, 0.2) is 29.8 Å². The van der Waals surface area contributed by atoms with Crippen LogP contribution in [-0.2, 0) is 0 Å². The maximum Gasteiger partial charge on any atom is 0.0907 e. The summed E-state index contributed by atoms with van der Waals surface area (Å²) in [6.45, 7) is 9.01. The summed E-state index contributed by atoms with van der Waals surface area (Å²) in [4.78, 5) is 4.53. The molecule has 1 N–H and O–H groups in total. The van der Waals surface area contributed by atoms with Crippen molar-refractivity contribution in [1.29, 1.82) is 0 Å². The summed E-state index contributed by atoms with van der Waals surface area (Å²) >= 11 is 1.78. The first-order valence-electron chi connectivity index (χ1n) is 8.63. The first kappa shape index (κ1) is 18.2. The van der Waals surface area contributed by atoms with Crippen LogP contribution >= 0.6 is 11.3 Å². The summed E-state index contributed by atoms with van der Waals surface area (Å²) in [5.41, 5.74) is 3.99. The van der Waals surface area contributed by atoms with Crippen LogP contribution in [0.1, 0.15) is 62.9 Å². The van der Waals surface area contributed by atoms with Crippen molar-refractivity contribution in [3.8, 4) is 0 Å². The van der Waals surface area contributed by atoms with E-state index in [9.17, 15) is 0 Å². The summed E-state index contributed by atoms with van der Waals surface area (Å²) in [6.07, 6.45) is 6.90. The monoisotopic (exact) mass is 331 g/mol. The number of thiazole rings is 1. The second-order valence-electron chi connectivity index (χ2n) is 6.83. The molecular weight excluding hydrogens is 302 g/mol. The van der Waals surface area contributed by atoms with E-state index in [1.54, 1.807) is 11.3 Å². The van der Waals surface area contributed by atoms with Crippen molar-refractivity contribution in [3.63, 3.8) is 0 Å². The topological polar surface area (TPSA) is 33.1 Å². The Morgan fingerprint density at radius 3 is 2.87 bits per heavy atom. The fourth-order valence-corrected chi connectivity index (χ4v) is 3.68. The number of aliphatic hydroxyl groups excluding tert-OH is 1. The van der Waals surface area contributed by atoms with E-state index in [2.05, 4.69) is 57.0 Å². The van der Waals surface area contributed by atoms with E-state index in [4.69, 9.17) is 5.11 Å². The number of hydrogen-bond acceptors (Lipinski definition) is 3. The molecular formula is C20H29NOS. The third-order valence-electron chi connectivity index (χ3n) is 4.49. The van der Waals surface area contributed by atoms with Crippen LogP contribution in [0.4, 0.5) is 0 Å². The van der Waals surface area contributed by atoms with Gasteiger partial charge in [-0.05, 0) is 69.1 Å². The van der Waals surface area contributed by atoms with Crippen molar-refractivity contribution in [3.05, 3.63) is 40.4 Å². The lowest BCUT2D eigenvalue weighted by molar-refractivity contribution is 0.228. The van der Waals surface area contributed by atoms with E-state index in [0.717, 1.165) is 29.8 Å². The molecule has 0 spiro atoms. The summed E-state index contributed by atoms with van der Waals surface area (Å²) in [7, 11) is 0. The highest BCUT2D eigenvalue weighted by atomic mass is 32.1. The second-order valence-corrected chi connectivity index (χ2v) is 8.06. The van der Waals surface area contributed by atoms with E-state index in [0.29, 0.717) is 18.4 Å². The molecule has 2 rings (SSSR count). The highest BCUT2D eigenvalue weighted by Crippen LogP contribution is 2.28. The molecule has 0 fully saturated rings. The Bertz CT molecular complexity index is 659. The molecule has 126 valence electrons. The van der Waals surface area contributed by atoms with Gasteiger partial charge in [-0.3, -0.25) is 0 Å². The Morgan fingerprint density at radius 2 is 2.13 bits per heavy atom. The number of nitrogens with zero attached hydrogens (tertiary/aromatic N) is 1. The largest absolute Gasteiger partial charge is 0.396 e. The predicted octanol–water partition coefficient (Wildman–Crippen LogP) is 5.84. The van der Waals surface area contributed by atoms with Gasteiger partial charge in [-0.25, -0.2) is 4.98 Å². The molecule has 0 aliphatic heterocycles. The lowest BCUT2D eigenvalue weighted by Gasteiger charge is -2.11. The normalized spacial score (nSPS) is 15.1. The summed E-state index contributed by atoms with van der Waals surface area (Å²) in [6, 6.07) is 6.67. The zero-order valence-electron chi connectivity index (χ0n) is 14.8. The van der Waals surface area contributed by atoms with Crippen LogP contribution in [0.25, 0.3) is 10.2 Å². The van der Waals surface area contributed by atoms with Crippen LogP contribution in [0.2, 0.25) is 0 Å². The molecule has 0 unspecified atom stereocenters. The fraction of sp³-hybridized carbons (Fsp3) is 0.550. The Morgan fingerprint density at radius 1 is 1.35 bits per heavy atom. The van der Waals surface area contributed by atoms with Gasteiger partial charge in [0.1, 0.15) is 0 Å². The molecule has 0 aliphatic carbocycles. The van der Waals surface area contributed by atoms with Crippen LogP contribution in [0.3, 0.4) is 0 Å². The zero-order chi connectivity index (χ0) is 16.8. The molecule has 0 bridgehead atoms. The Labute approximate surface area is 144 Å². The van der Waals surface area contributed by atoms with Crippen molar-refractivity contribution in [2.45, 2.75) is 59.3 Å². The fourth-order valence-electron chi connectivity index (χ4n) is 2.80. The average Bonchev–Trinajstić information content (AvgIpc) is 2.91. The maximum absolute atomic E-state index is 9.06. The van der Waals surface area contributed by atoms with E-state index < -0.39 is 0 Å². The van der Waals surface area contributed by atoms with Crippen molar-refractivity contribution in [1.82, 2.24) is 4.98 Å². The van der Waals surface area contributed by atoms with E-state index in [1.807, 2.05) is 0 Å². The molecule has 2 nitrogen and oxygen atoms in total. The Balaban J connectivity index is 1.89. The number of hydrogen-bond donors (Lipinski definition) is 1. The van der Waals surface area contributed by atoms with Gasteiger partial charge in [0.05, 0.1) is 15.2 Å². The minimum Gasteiger partial charge on any atom is -0.396 e.